The molecule has 2 N–H and O–H groups in total. The largest absolute Gasteiger partial charge is 0.343 e. The monoisotopic (exact) mass is 221 g/mol. The zero-order valence-electron chi connectivity index (χ0n) is 9.95. The van der Waals surface area contributed by atoms with E-state index in [1.165, 1.54) is 11.1 Å². The fraction of sp³-hybridized carbons (Fsp3) is 0.538. The second-order valence-electron chi connectivity index (χ2n) is 4.29. The van der Waals surface area contributed by atoms with Crippen LogP contribution in [0.4, 0.5) is 0 Å². The van der Waals surface area contributed by atoms with Crippen LogP contribution in [0.2, 0.25) is 0 Å². The predicted octanol–water partition coefficient (Wildman–Crippen LogP) is 1.85. The first-order chi connectivity index (χ1) is 7.68. The molecule has 0 aliphatic carbocycles. The number of hydrogen-bond donors (Lipinski definition) is 1. The van der Waals surface area contributed by atoms with E-state index in [4.69, 9.17) is 15.2 Å². The van der Waals surface area contributed by atoms with E-state index in [2.05, 4.69) is 32.0 Å². The van der Waals surface area contributed by atoms with Crippen LogP contribution in [0.25, 0.3) is 0 Å². The van der Waals surface area contributed by atoms with Gasteiger partial charge in [0, 0.05) is 12.0 Å². The second-order valence-corrected chi connectivity index (χ2v) is 4.29. The summed E-state index contributed by atoms with van der Waals surface area (Å²) in [7, 11) is 0. The van der Waals surface area contributed by atoms with Crippen LogP contribution < -0.4 is 5.73 Å². The Morgan fingerprint density at radius 3 is 2.44 bits per heavy atom. The fourth-order valence-electron chi connectivity index (χ4n) is 2.08. The van der Waals surface area contributed by atoms with Crippen molar-refractivity contribution in [1.29, 1.82) is 0 Å². The van der Waals surface area contributed by atoms with Gasteiger partial charge in [-0.25, -0.2) is 0 Å². The minimum atomic E-state index is -0.604. The lowest BCUT2D eigenvalue weighted by Crippen LogP contribution is -2.30. The molecule has 88 valence electrons. The highest BCUT2D eigenvalue weighted by Crippen LogP contribution is 2.35. The van der Waals surface area contributed by atoms with Gasteiger partial charge in [-0.05, 0) is 31.5 Å². The molecular weight excluding hydrogens is 202 g/mol. The molecule has 0 aromatic heterocycles. The first kappa shape index (κ1) is 11.6. The highest BCUT2D eigenvalue weighted by atomic mass is 16.7. The standard InChI is InChI=1S/C13H19NO2/c1-10-3-4-12(9-11(10)2)13(5-6-14)15-7-8-16-13/h3-4,9H,5-8,14H2,1-2H3. The average Bonchev–Trinajstić information content (AvgIpc) is 2.72. The SMILES string of the molecule is Cc1ccc(C2(CCN)OCCO2)cc1C. The molecular formula is C13H19NO2. The first-order valence-corrected chi connectivity index (χ1v) is 5.74. The van der Waals surface area contributed by atoms with Gasteiger partial charge in [0.2, 0.25) is 0 Å². The van der Waals surface area contributed by atoms with E-state index < -0.39 is 5.79 Å². The van der Waals surface area contributed by atoms with Gasteiger partial charge in [0.05, 0.1) is 13.2 Å². The Kier molecular flexibility index (Phi) is 3.28. The lowest BCUT2D eigenvalue weighted by atomic mass is 9.98. The molecule has 3 heteroatoms. The third-order valence-electron chi connectivity index (χ3n) is 3.17. The Balaban J connectivity index is 2.35. The Labute approximate surface area is 96.5 Å². The molecule has 1 aromatic carbocycles. The molecule has 0 amide bonds. The molecule has 0 atom stereocenters. The highest BCUT2D eigenvalue weighted by Gasteiger charge is 2.37. The van der Waals surface area contributed by atoms with Gasteiger partial charge in [-0.1, -0.05) is 18.2 Å². The van der Waals surface area contributed by atoms with Gasteiger partial charge in [-0.3, -0.25) is 0 Å². The Morgan fingerprint density at radius 2 is 1.88 bits per heavy atom. The summed E-state index contributed by atoms with van der Waals surface area (Å²) in [6.45, 7) is 6.06. The van der Waals surface area contributed by atoms with Gasteiger partial charge >= 0.3 is 0 Å². The molecule has 0 bridgehead atoms. The molecule has 1 saturated heterocycles. The minimum absolute atomic E-state index is 0.562. The van der Waals surface area contributed by atoms with Crippen LogP contribution in [-0.4, -0.2) is 19.8 Å². The highest BCUT2D eigenvalue weighted by molar-refractivity contribution is 5.32. The van der Waals surface area contributed by atoms with Crippen LogP contribution in [0, 0.1) is 13.8 Å². The second kappa shape index (κ2) is 4.53. The Morgan fingerprint density at radius 1 is 1.19 bits per heavy atom. The fourth-order valence-corrected chi connectivity index (χ4v) is 2.08. The van der Waals surface area contributed by atoms with E-state index in [9.17, 15) is 0 Å². The van der Waals surface area contributed by atoms with Crippen molar-refractivity contribution in [1.82, 2.24) is 0 Å². The topological polar surface area (TPSA) is 44.5 Å². The van der Waals surface area contributed by atoms with Crippen LogP contribution in [0.5, 0.6) is 0 Å². The van der Waals surface area contributed by atoms with E-state index in [1.54, 1.807) is 0 Å². The van der Waals surface area contributed by atoms with Crippen LogP contribution in [0.15, 0.2) is 18.2 Å². The van der Waals surface area contributed by atoms with Gasteiger partial charge in [0.1, 0.15) is 0 Å². The summed E-state index contributed by atoms with van der Waals surface area (Å²) in [6, 6.07) is 6.31. The van der Waals surface area contributed by atoms with Crippen molar-refractivity contribution in [2.45, 2.75) is 26.1 Å². The summed E-state index contributed by atoms with van der Waals surface area (Å²) < 4.78 is 11.5. The summed E-state index contributed by atoms with van der Waals surface area (Å²) in [5.41, 5.74) is 9.26. The van der Waals surface area contributed by atoms with Crippen molar-refractivity contribution in [3.63, 3.8) is 0 Å². The van der Waals surface area contributed by atoms with Gasteiger partial charge in [0.25, 0.3) is 0 Å². The molecule has 0 saturated carbocycles. The third kappa shape index (κ3) is 1.98. The van der Waals surface area contributed by atoms with Gasteiger partial charge in [-0.15, -0.1) is 0 Å². The van der Waals surface area contributed by atoms with E-state index >= 15 is 0 Å². The summed E-state index contributed by atoms with van der Waals surface area (Å²) >= 11 is 0. The van der Waals surface area contributed by atoms with E-state index in [0.29, 0.717) is 26.2 Å². The summed E-state index contributed by atoms with van der Waals surface area (Å²) in [6.07, 6.45) is 0.704. The van der Waals surface area contributed by atoms with Crippen LogP contribution in [0.1, 0.15) is 23.1 Å². The Bertz CT molecular complexity index is 370. The molecule has 1 fully saturated rings. The van der Waals surface area contributed by atoms with Crippen molar-refractivity contribution in [2.75, 3.05) is 19.8 Å². The van der Waals surface area contributed by atoms with Crippen LogP contribution >= 0.6 is 0 Å². The predicted molar refractivity (Wildman–Crippen MR) is 63.2 cm³/mol. The maximum atomic E-state index is 5.76. The van der Waals surface area contributed by atoms with Crippen molar-refractivity contribution >= 4 is 0 Å². The number of benzene rings is 1. The molecule has 2 rings (SSSR count). The first-order valence-electron chi connectivity index (χ1n) is 5.74. The number of nitrogens with two attached hydrogens (primary N) is 1. The van der Waals surface area contributed by atoms with Crippen molar-refractivity contribution in [3.8, 4) is 0 Å². The minimum Gasteiger partial charge on any atom is -0.343 e. The van der Waals surface area contributed by atoms with Crippen molar-refractivity contribution < 1.29 is 9.47 Å². The van der Waals surface area contributed by atoms with Gasteiger partial charge < -0.3 is 15.2 Å². The number of hydrogen-bond acceptors (Lipinski definition) is 3. The summed E-state index contributed by atoms with van der Waals surface area (Å²) in [5.74, 6) is -0.604. The maximum absolute atomic E-state index is 5.76. The van der Waals surface area contributed by atoms with E-state index in [-0.39, 0.29) is 0 Å². The van der Waals surface area contributed by atoms with E-state index in [0.717, 1.165) is 5.56 Å². The lowest BCUT2D eigenvalue weighted by Gasteiger charge is -2.28. The normalized spacial score (nSPS) is 18.9. The van der Waals surface area contributed by atoms with Crippen LogP contribution in [0.3, 0.4) is 0 Å². The number of rotatable bonds is 3. The zero-order valence-corrected chi connectivity index (χ0v) is 9.95. The molecule has 3 nitrogen and oxygen atoms in total. The van der Waals surface area contributed by atoms with Crippen molar-refractivity contribution in [2.24, 2.45) is 5.73 Å². The smallest absolute Gasteiger partial charge is 0.196 e. The molecule has 1 aliphatic rings. The average molecular weight is 221 g/mol. The molecule has 1 aromatic rings. The van der Waals surface area contributed by atoms with E-state index in [1.807, 2.05) is 0 Å². The molecule has 0 spiro atoms. The molecule has 16 heavy (non-hydrogen) atoms. The molecule has 1 heterocycles. The lowest BCUT2D eigenvalue weighted by molar-refractivity contribution is -0.168. The summed E-state index contributed by atoms with van der Waals surface area (Å²) in [4.78, 5) is 0. The van der Waals surface area contributed by atoms with Gasteiger partial charge in [-0.2, -0.15) is 0 Å². The number of aryl methyl sites for hydroxylation is 2. The molecule has 0 unspecified atom stereocenters. The Hall–Kier alpha value is -0.900. The molecule has 1 aliphatic heterocycles. The van der Waals surface area contributed by atoms with Gasteiger partial charge in [0.15, 0.2) is 5.79 Å². The zero-order chi connectivity index (χ0) is 11.6. The number of ether oxygens (including phenoxy) is 2. The van der Waals surface area contributed by atoms with Crippen molar-refractivity contribution in [3.05, 3.63) is 34.9 Å². The third-order valence-corrected chi connectivity index (χ3v) is 3.17. The summed E-state index contributed by atoms with van der Waals surface area (Å²) in [5, 5.41) is 0. The maximum Gasteiger partial charge on any atom is 0.196 e. The molecule has 0 radical (unpaired) electrons. The van der Waals surface area contributed by atoms with Crippen LogP contribution in [-0.2, 0) is 15.3 Å². The quantitative estimate of drug-likeness (QED) is 0.847.